The van der Waals surface area contributed by atoms with Crippen LogP contribution >= 0.6 is 0 Å². The fraction of sp³-hybridized carbons (Fsp3) is 0.385. The van der Waals surface area contributed by atoms with Crippen molar-refractivity contribution in [2.24, 2.45) is 0 Å². The van der Waals surface area contributed by atoms with Gasteiger partial charge < -0.3 is 29.7 Å². The number of benzene rings is 1. The van der Waals surface area contributed by atoms with E-state index in [1.54, 1.807) is 0 Å². The third kappa shape index (κ3) is 3.54. The first-order chi connectivity index (χ1) is 9.99. The molecule has 1 rings (SSSR count). The summed E-state index contributed by atoms with van der Waals surface area (Å²) in [6.45, 7) is -0.726. The van der Waals surface area contributed by atoms with Gasteiger partial charge in [0, 0.05) is 0 Å². The van der Waals surface area contributed by atoms with Crippen molar-refractivity contribution in [1.29, 1.82) is 0 Å². The summed E-state index contributed by atoms with van der Waals surface area (Å²) in [4.78, 5) is 22.9. The van der Waals surface area contributed by atoms with Crippen molar-refractivity contribution in [3.63, 3.8) is 0 Å². The quantitative estimate of drug-likeness (QED) is 0.643. The van der Waals surface area contributed by atoms with E-state index in [2.05, 4.69) is 5.32 Å². The minimum absolute atomic E-state index is 0.0647. The molecule has 1 atom stereocenters. The standard InChI is InChI=1S/C13H17NO7/c1-19-9-5-4-7(10(20-2)11(9)21-3)12(16)14-8(6-15)13(17)18/h4-5,8,15H,6H2,1-3H3,(H,14,16)(H,17,18)/t8-/m0/s1. The summed E-state index contributed by atoms with van der Waals surface area (Å²) < 4.78 is 15.3. The lowest BCUT2D eigenvalue weighted by atomic mass is 10.1. The highest BCUT2D eigenvalue weighted by atomic mass is 16.5. The van der Waals surface area contributed by atoms with Gasteiger partial charge in [0.25, 0.3) is 5.91 Å². The Morgan fingerprint density at radius 3 is 2.19 bits per heavy atom. The van der Waals surface area contributed by atoms with Crippen molar-refractivity contribution in [2.75, 3.05) is 27.9 Å². The fourth-order valence-corrected chi connectivity index (χ4v) is 1.70. The van der Waals surface area contributed by atoms with E-state index >= 15 is 0 Å². The second-order valence-corrected chi connectivity index (χ2v) is 3.93. The van der Waals surface area contributed by atoms with Crippen LogP contribution in [0.15, 0.2) is 12.1 Å². The average Bonchev–Trinajstić information content (AvgIpc) is 2.49. The molecule has 3 N–H and O–H groups in total. The topological polar surface area (TPSA) is 114 Å². The number of methoxy groups -OCH3 is 3. The van der Waals surface area contributed by atoms with Crippen LogP contribution in [0.4, 0.5) is 0 Å². The minimum Gasteiger partial charge on any atom is -0.493 e. The van der Waals surface area contributed by atoms with Gasteiger partial charge in [-0.2, -0.15) is 0 Å². The third-order valence-electron chi connectivity index (χ3n) is 2.73. The maximum Gasteiger partial charge on any atom is 0.328 e. The Morgan fingerprint density at radius 1 is 1.14 bits per heavy atom. The predicted octanol–water partition coefficient (Wildman–Crippen LogP) is -0.112. The van der Waals surface area contributed by atoms with E-state index in [9.17, 15) is 9.59 Å². The number of rotatable bonds is 7. The van der Waals surface area contributed by atoms with Gasteiger partial charge in [-0.1, -0.05) is 0 Å². The molecule has 1 amide bonds. The molecule has 0 spiro atoms. The van der Waals surface area contributed by atoms with Gasteiger partial charge in [0.05, 0.1) is 33.5 Å². The number of carbonyl (C=O) groups excluding carboxylic acids is 1. The first-order valence-electron chi connectivity index (χ1n) is 5.93. The summed E-state index contributed by atoms with van der Waals surface area (Å²) in [6.07, 6.45) is 0. The molecule has 0 fully saturated rings. The van der Waals surface area contributed by atoms with E-state index in [4.69, 9.17) is 24.4 Å². The zero-order chi connectivity index (χ0) is 16.0. The monoisotopic (exact) mass is 299 g/mol. The van der Waals surface area contributed by atoms with E-state index in [0.29, 0.717) is 5.75 Å². The molecule has 0 heterocycles. The summed E-state index contributed by atoms with van der Waals surface area (Å²) in [5.41, 5.74) is 0.0647. The minimum atomic E-state index is -1.41. The van der Waals surface area contributed by atoms with Crippen molar-refractivity contribution in [1.82, 2.24) is 5.32 Å². The summed E-state index contributed by atoms with van der Waals surface area (Å²) in [5, 5.41) is 19.9. The van der Waals surface area contributed by atoms with Crippen molar-refractivity contribution >= 4 is 11.9 Å². The number of aliphatic hydroxyl groups is 1. The van der Waals surface area contributed by atoms with Gasteiger partial charge in [0.1, 0.15) is 0 Å². The van der Waals surface area contributed by atoms with Crippen molar-refractivity contribution in [3.8, 4) is 17.2 Å². The van der Waals surface area contributed by atoms with Crippen molar-refractivity contribution in [2.45, 2.75) is 6.04 Å². The first kappa shape index (κ1) is 16.6. The van der Waals surface area contributed by atoms with Crippen LogP contribution in [-0.4, -0.2) is 56.1 Å². The van der Waals surface area contributed by atoms with Crippen LogP contribution in [0.2, 0.25) is 0 Å². The number of aliphatic hydroxyl groups excluding tert-OH is 1. The maximum atomic E-state index is 12.1. The number of hydrogen-bond donors (Lipinski definition) is 3. The molecule has 0 aromatic heterocycles. The van der Waals surface area contributed by atoms with E-state index < -0.39 is 24.5 Å². The number of ether oxygens (including phenoxy) is 3. The highest BCUT2D eigenvalue weighted by Gasteiger charge is 2.24. The molecule has 116 valence electrons. The summed E-state index contributed by atoms with van der Waals surface area (Å²) in [7, 11) is 4.16. The third-order valence-corrected chi connectivity index (χ3v) is 2.73. The molecule has 0 radical (unpaired) electrons. The molecule has 0 saturated carbocycles. The molecule has 8 nitrogen and oxygen atoms in total. The van der Waals surface area contributed by atoms with Crippen LogP contribution < -0.4 is 19.5 Å². The average molecular weight is 299 g/mol. The summed E-state index contributed by atoms with van der Waals surface area (Å²) in [6, 6.07) is 1.49. The van der Waals surface area contributed by atoms with E-state index in [-0.39, 0.29) is 17.1 Å². The Labute approximate surface area is 121 Å². The summed E-state index contributed by atoms with van der Waals surface area (Å²) >= 11 is 0. The van der Waals surface area contributed by atoms with Crippen LogP contribution in [-0.2, 0) is 4.79 Å². The second-order valence-electron chi connectivity index (χ2n) is 3.93. The summed E-state index contributed by atoms with van der Waals surface area (Å²) in [5.74, 6) is -1.37. The molecule has 8 heteroatoms. The van der Waals surface area contributed by atoms with Gasteiger partial charge >= 0.3 is 5.97 Å². The fourth-order valence-electron chi connectivity index (χ4n) is 1.70. The molecular formula is C13H17NO7. The van der Waals surface area contributed by atoms with Gasteiger partial charge in [0.2, 0.25) is 5.75 Å². The molecule has 0 aliphatic heterocycles. The highest BCUT2D eigenvalue weighted by Crippen LogP contribution is 2.39. The molecule has 1 aromatic rings. The Hall–Kier alpha value is -2.48. The van der Waals surface area contributed by atoms with Crippen LogP contribution in [0.3, 0.4) is 0 Å². The van der Waals surface area contributed by atoms with E-state index in [1.165, 1.54) is 33.5 Å². The van der Waals surface area contributed by atoms with Gasteiger partial charge in [0.15, 0.2) is 17.5 Å². The van der Waals surface area contributed by atoms with Crippen molar-refractivity contribution < 1.29 is 34.0 Å². The lowest BCUT2D eigenvalue weighted by molar-refractivity contribution is -0.140. The van der Waals surface area contributed by atoms with Gasteiger partial charge in [-0.25, -0.2) is 4.79 Å². The highest BCUT2D eigenvalue weighted by molar-refractivity contribution is 6.00. The lowest BCUT2D eigenvalue weighted by Crippen LogP contribution is -2.43. The van der Waals surface area contributed by atoms with Gasteiger partial charge in [-0.05, 0) is 12.1 Å². The van der Waals surface area contributed by atoms with Crippen LogP contribution in [0.1, 0.15) is 10.4 Å². The first-order valence-corrected chi connectivity index (χ1v) is 5.93. The molecule has 0 bridgehead atoms. The van der Waals surface area contributed by atoms with Crippen molar-refractivity contribution in [3.05, 3.63) is 17.7 Å². The number of carbonyl (C=O) groups is 2. The van der Waals surface area contributed by atoms with Gasteiger partial charge in [-0.15, -0.1) is 0 Å². The van der Waals surface area contributed by atoms with Crippen LogP contribution in [0.25, 0.3) is 0 Å². The predicted molar refractivity (Wildman–Crippen MR) is 72.1 cm³/mol. The zero-order valence-electron chi connectivity index (χ0n) is 11.9. The Bertz CT molecular complexity index is 529. The number of carboxylic acids is 1. The van der Waals surface area contributed by atoms with E-state index in [0.717, 1.165) is 0 Å². The number of nitrogens with one attached hydrogen (secondary N) is 1. The molecule has 0 aliphatic rings. The molecule has 21 heavy (non-hydrogen) atoms. The maximum absolute atomic E-state index is 12.1. The van der Waals surface area contributed by atoms with Crippen LogP contribution in [0, 0.1) is 0 Å². The normalized spacial score (nSPS) is 11.4. The number of amides is 1. The molecule has 0 saturated heterocycles. The Balaban J connectivity index is 3.18. The molecular weight excluding hydrogens is 282 g/mol. The Morgan fingerprint density at radius 2 is 1.76 bits per heavy atom. The molecule has 0 unspecified atom stereocenters. The zero-order valence-corrected chi connectivity index (χ0v) is 11.9. The molecule has 1 aromatic carbocycles. The smallest absolute Gasteiger partial charge is 0.328 e. The second kappa shape index (κ2) is 7.34. The molecule has 0 aliphatic carbocycles. The van der Waals surface area contributed by atoms with Gasteiger partial charge in [-0.3, -0.25) is 4.79 Å². The lowest BCUT2D eigenvalue weighted by Gasteiger charge is -2.17. The number of aliphatic carboxylic acids is 1. The van der Waals surface area contributed by atoms with E-state index in [1.807, 2.05) is 0 Å². The number of hydrogen-bond acceptors (Lipinski definition) is 6. The largest absolute Gasteiger partial charge is 0.493 e. The number of carboxylic acid groups (broad SMARTS) is 1. The Kier molecular flexibility index (Phi) is 5.79. The van der Waals surface area contributed by atoms with Crippen LogP contribution in [0.5, 0.6) is 17.2 Å². The SMILES string of the molecule is COc1ccc(C(=O)N[C@@H](CO)C(=O)O)c(OC)c1OC.